The Labute approximate surface area is 147 Å². The molecule has 1 aromatic heterocycles. The Morgan fingerprint density at radius 3 is 2.96 bits per heavy atom. The summed E-state index contributed by atoms with van der Waals surface area (Å²) >= 11 is 5.64. The minimum Gasteiger partial charge on any atom is -0.467 e. The highest BCUT2D eigenvalue weighted by Gasteiger charge is 2.21. The molecule has 1 aliphatic rings. The number of nitro benzene ring substituents is 1. The van der Waals surface area contributed by atoms with E-state index in [0.717, 1.165) is 0 Å². The second-order valence-corrected chi connectivity index (χ2v) is 5.74. The molecule has 3 rings (SSSR count). The summed E-state index contributed by atoms with van der Waals surface area (Å²) in [5.41, 5.74) is 1.04. The number of carbonyl (C=O) groups is 1. The van der Waals surface area contributed by atoms with E-state index < -0.39 is 4.92 Å². The Kier molecular flexibility index (Phi) is 5.15. The van der Waals surface area contributed by atoms with Crippen molar-refractivity contribution < 1.29 is 23.7 Å². The number of ether oxygens (including phenoxy) is 2. The molecule has 0 bridgehead atoms. The molecule has 10 heteroatoms. The number of aryl methyl sites for hydroxylation is 1. The molecule has 2 aromatic rings. The predicted molar refractivity (Wildman–Crippen MR) is 85.1 cm³/mol. The average molecular weight is 368 g/mol. The molecule has 0 unspecified atom stereocenters. The minimum absolute atomic E-state index is 0.0675. The van der Waals surface area contributed by atoms with Crippen molar-refractivity contribution in [2.75, 3.05) is 6.79 Å². The van der Waals surface area contributed by atoms with E-state index in [0.29, 0.717) is 29.1 Å². The lowest BCUT2D eigenvalue weighted by Crippen LogP contribution is -2.24. The van der Waals surface area contributed by atoms with Gasteiger partial charge in [0.2, 0.25) is 5.91 Å². The number of carbonyl (C=O) groups excluding carboxylic acids is 1. The van der Waals surface area contributed by atoms with Gasteiger partial charge in [-0.05, 0) is 0 Å². The maximum absolute atomic E-state index is 12.0. The van der Waals surface area contributed by atoms with Gasteiger partial charge in [0.15, 0.2) is 11.9 Å². The van der Waals surface area contributed by atoms with Gasteiger partial charge in [0.25, 0.3) is 5.69 Å². The number of nitro groups is 1. The zero-order chi connectivity index (χ0) is 17.8. The number of fused-ring (bicyclic) bond motifs is 1. The fourth-order valence-electron chi connectivity index (χ4n) is 2.44. The predicted octanol–water partition coefficient (Wildman–Crippen LogP) is 2.35. The van der Waals surface area contributed by atoms with E-state index in [4.69, 9.17) is 25.6 Å². The van der Waals surface area contributed by atoms with Crippen LogP contribution in [0, 0.1) is 10.1 Å². The summed E-state index contributed by atoms with van der Waals surface area (Å²) < 4.78 is 15.5. The molecule has 0 saturated heterocycles. The molecule has 1 aromatic carbocycles. The first-order valence-corrected chi connectivity index (χ1v) is 7.79. The third-order valence-corrected chi connectivity index (χ3v) is 3.77. The molecule has 0 aliphatic carbocycles. The van der Waals surface area contributed by atoms with Crippen molar-refractivity contribution >= 4 is 23.2 Å². The minimum atomic E-state index is -0.492. The van der Waals surface area contributed by atoms with Gasteiger partial charge in [0, 0.05) is 48.7 Å². The summed E-state index contributed by atoms with van der Waals surface area (Å²) in [5.74, 6) is 0.785. The molecule has 2 heterocycles. The van der Waals surface area contributed by atoms with Crippen LogP contribution in [0.4, 0.5) is 5.69 Å². The van der Waals surface area contributed by atoms with Crippen LogP contribution in [-0.4, -0.2) is 22.8 Å². The topological polar surface area (TPSA) is 117 Å². The number of amides is 1. The molecule has 0 fully saturated rings. The molecule has 1 amide bonds. The first-order chi connectivity index (χ1) is 12.0. The van der Waals surface area contributed by atoms with Gasteiger partial charge < -0.3 is 19.3 Å². The van der Waals surface area contributed by atoms with Crippen molar-refractivity contribution in [1.29, 1.82) is 0 Å². The molecule has 1 aliphatic heterocycles. The maximum atomic E-state index is 12.0. The molecular weight excluding hydrogens is 354 g/mol. The second-order valence-electron chi connectivity index (χ2n) is 5.35. The van der Waals surface area contributed by atoms with Gasteiger partial charge in [-0.1, -0.05) is 16.8 Å². The van der Waals surface area contributed by atoms with E-state index in [9.17, 15) is 14.9 Å². The fraction of sp³-hybridized carbons (Fsp3) is 0.333. The normalized spacial score (nSPS) is 13.0. The van der Waals surface area contributed by atoms with Crippen LogP contribution in [0.3, 0.4) is 0 Å². The molecule has 0 atom stereocenters. The number of non-ortho nitro benzene ring substituents is 1. The van der Waals surface area contributed by atoms with E-state index in [-0.39, 0.29) is 43.1 Å². The smallest absolute Gasteiger partial charge is 0.270 e. The van der Waals surface area contributed by atoms with Crippen LogP contribution in [0.15, 0.2) is 22.7 Å². The molecular formula is C15H14ClN3O6. The zero-order valence-corrected chi connectivity index (χ0v) is 13.7. The molecule has 1 N–H and O–H groups in total. The maximum Gasteiger partial charge on any atom is 0.270 e. The van der Waals surface area contributed by atoms with Gasteiger partial charge in [-0.25, -0.2) is 0 Å². The number of benzene rings is 1. The molecule has 0 radical (unpaired) electrons. The molecule has 9 nitrogen and oxygen atoms in total. The Bertz CT molecular complexity index is 807. The van der Waals surface area contributed by atoms with Crippen molar-refractivity contribution in [2.24, 2.45) is 0 Å². The molecule has 25 heavy (non-hydrogen) atoms. The van der Waals surface area contributed by atoms with E-state index in [1.807, 2.05) is 0 Å². The number of nitrogens with one attached hydrogen (secondary N) is 1. The van der Waals surface area contributed by atoms with Gasteiger partial charge in [-0.2, -0.15) is 0 Å². The number of hydrogen-bond donors (Lipinski definition) is 1. The van der Waals surface area contributed by atoms with Crippen LogP contribution in [0.5, 0.6) is 5.75 Å². The lowest BCUT2D eigenvalue weighted by molar-refractivity contribution is -0.385. The largest absolute Gasteiger partial charge is 0.467 e. The Hall–Kier alpha value is -2.65. The summed E-state index contributed by atoms with van der Waals surface area (Å²) in [6.45, 7) is 0.405. The third kappa shape index (κ3) is 4.25. The van der Waals surface area contributed by atoms with Crippen molar-refractivity contribution in [3.8, 4) is 5.75 Å². The van der Waals surface area contributed by atoms with Crippen LogP contribution >= 0.6 is 11.6 Å². The van der Waals surface area contributed by atoms with Gasteiger partial charge in [-0.15, -0.1) is 0 Å². The highest BCUT2D eigenvalue weighted by molar-refractivity contribution is 6.29. The number of aromatic nitrogens is 1. The number of nitrogens with zero attached hydrogens (tertiary/aromatic N) is 2. The number of hydrogen-bond acceptors (Lipinski definition) is 7. The van der Waals surface area contributed by atoms with Gasteiger partial charge >= 0.3 is 0 Å². The number of rotatable bonds is 6. The highest BCUT2D eigenvalue weighted by atomic mass is 35.5. The second kappa shape index (κ2) is 7.49. The highest BCUT2D eigenvalue weighted by Crippen LogP contribution is 2.32. The van der Waals surface area contributed by atoms with Crippen LogP contribution < -0.4 is 10.1 Å². The summed E-state index contributed by atoms with van der Waals surface area (Å²) in [7, 11) is 0. The van der Waals surface area contributed by atoms with Gasteiger partial charge in [0.1, 0.15) is 11.5 Å². The zero-order valence-electron chi connectivity index (χ0n) is 13.0. The Balaban J connectivity index is 1.64. The van der Waals surface area contributed by atoms with Crippen LogP contribution in [0.2, 0.25) is 5.15 Å². The first-order valence-electron chi connectivity index (χ1n) is 7.41. The monoisotopic (exact) mass is 367 g/mol. The lowest BCUT2D eigenvalue weighted by atomic mass is 10.1. The molecule has 0 saturated carbocycles. The summed E-state index contributed by atoms with van der Waals surface area (Å²) in [6, 6.07) is 4.34. The van der Waals surface area contributed by atoms with E-state index in [2.05, 4.69) is 10.5 Å². The van der Waals surface area contributed by atoms with Gasteiger partial charge in [0.05, 0.1) is 11.5 Å². The van der Waals surface area contributed by atoms with Crippen molar-refractivity contribution in [1.82, 2.24) is 10.5 Å². The summed E-state index contributed by atoms with van der Waals surface area (Å²) in [5, 5.41) is 17.5. The quantitative estimate of drug-likeness (QED) is 0.615. The van der Waals surface area contributed by atoms with Crippen LogP contribution in [0.1, 0.15) is 23.3 Å². The average Bonchev–Trinajstić information content (AvgIpc) is 3.03. The fourth-order valence-corrected chi connectivity index (χ4v) is 2.60. The van der Waals surface area contributed by atoms with Crippen molar-refractivity contribution in [2.45, 2.75) is 26.0 Å². The summed E-state index contributed by atoms with van der Waals surface area (Å²) in [4.78, 5) is 22.5. The van der Waals surface area contributed by atoms with Crippen molar-refractivity contribution in [3.63, 3.8) is 0 Å². The Morgan fingerprint density at radius 2 is 2.24 bits per heavy atom. The van der Waals surface area contributed by atoms with Crippen molar-refractivity contribution in [3.05, 3.63) is 50.4 Å². The Morgan fingerprint density at radius 1 is 1.40 bits per heavy atom. The van der Waals surface area contributed by atoms with E-state index >= 15 is 0 Å². The van der Waals surface area contributed by atoms with Crippen LogP contribution in [0.25, 0.3) is 0 Å². The van der Waals surface area contributed by atoms with Gasteiger partial charge in [-0.3, -0.25) is 14.9 Å². The van der Waals surface area contributed by atoms with E-state index in [1.54, 1.807) is 6.07 Å². The molecule has 132 valence electrons. The third-order valence-electron chi connectivity index (χ3n) is 3.59. The summed E-state index contributed by atoms with van der Waals surface area (Å²) in [6.07, 6.45) is 0.523. The number of halogens is 1. The SMILES string of the molecule is O=C(CCc1cc(Cl)no1)NCc1cc([N+](=O)[O-])cc2c1OCOC2. The first kappa shape index (κ1) is 17.2. The van der Waals surface area contributed by atoms with Crippen LogP contribution in [-0.2, 0) is 29.1 Å². The lowest BCUT2D eigenvalue weighted by Gasteiger charge is -2.20. The standard InChI is InChI=1S/C15H14ClN3O6/c16-13-5-12(25-18-13)1-2-14(20)17-6-9-3-11(19(21)22)4-10-7-23-8-24-15(9)10/h3-5H,1-2,6-8H2,(H,17,20). The van der Waals surface area contributed by atoms with E-state index in [1.165, 1.54) is 12.1 Å². The molecule has 0 spiro atoms.